The van der Waals surface area contributed by atoms with Gasteiger partial charge in [0.2, 0.25) is 0 Å². The van der Waals surface area contributed by atoms with Crippen LogP contribution in [0.15, 0.2) is 36.7 Å². The summed E-state index contributed by atoms with van der Waals surface area (Å²) in [4.78, 5) is 25.7. The first-order valence-electron chi connectivity index (χ1n) is 10.0. The van der Waals surface area contributed by atoms with Crippen LogP contribution in [0.4, 0.5) is 5.82 Å². The van der Waals surface area contributed by atoms with Gasteiger partial charge in [-0.25, -0.2) is 14.6 Å². The molecule has 1 aromatic carbocycles. The minimum atomic E-state index is -0.161. The minimum Gasteiger partial charge on any atom is -0.373 e. The Bertz CT molecular complexity index is 1000. The van der Waals surface area contributed by atoms with Crippen molar-refractivity contribution in [1.82, 2.24) is 29.9 Å². The van der Waals surface area contributed by atoms with E-state index in [1.807, 2.05) is 35.2 Å². The third-order valence-corrected chi connectivity index (χ3v) is 5.51. The van der Waals surface area contributed by atoms with Crippen LogP contribution in [0.1, 0.15) is 23.2 Å². The Labute approximate surface area is 168 Å². The lowest BCUT2D eigenvalue weighted by molar-refractivity contribution is -0.0297. The fourth-order valence-corrected chi connectivity index (χ4v) is 4.03. The average molecular weight is 393 g/mol. The Kier molecular flexibility index (Phi) is 4.81. The van der Waals surface area contributed by atoms with Crippen molar-refractivity contribution in [2.24, 2.45) is 0 Å². The van der Waals surface area contributed by atoms with Crippen molar-refractivity contribution in [3.63, 3.8) is 0 Å². The maximum Gasteiger partial charge on any atom is 0.254 e. The van der Waals surface area contributed by atoms with Gasteiger partial charge in [-0.1, -0.05) is 23.4 Å². The number of hydrogen-bond donors (Lipinski definition) is 0. The molecule has 0 aliphatic carbocycles. The lowest BCUT2D eigenvalue weighted by atomic mass is 10.1. The van der Waals surface area contributed by atoms with Crippen LogP contribution in [-0.2, 0) is 11.3 Å². The summed E-state index contributed by atoms with van der Waals surface area (Å²) < 4.78 is 7.67. The highest BCUT2D eigenvalue weighted by Gasteiger charge is 2.27. The molecule has 0 N–H and O–H groups in total. The molecule has 0 saturated carbocycles. The maximum atomic E-state index is 12.8. The fourth-order valence-electron chi connectivity index (χ4n) is 4.03. The quantitative estimate of drug-likeness (QED) is 0.661. The summed E-state index contributed by atoms with van der Waals surface area (Å²) in [5.74, 6) is 0.880. The molecule has 1 unspecified atom stereocenters. The van der Waals surface area contributed by atoms with Gasteiger partial charge in [-0.2, -0.15) is 0 Å². The van der Waals surface area contributed by atoms with Crippen LogP contribution < -0.4 is 4.90 Å². The number of aromatic nitrogens is 5. The second-order valence-corrected chi connectivity index (χ2v) is 7.45. The number of benzene rings is 1. The number of rotatable bonds is 4. The topological polar surface area (TPSA) is 89.3 Å². The van der Waals surface area contributed by atoms with E-state index in [1.165, 1.54) is 12.8 Å². The molecule has 4 heterocycles. The van der Waals surface area contributed by atoms with E-state index in [-0.39, 0.29) is 12.0 Å². The number of carbonyl (C=O) groups excluding carboxylic acids is 1. The number of morpholine rings is 1. The number of anilines is 1. The molecule has 9 heteroatoms. The molecule has 2 fully saturated rings. The zero-order valence-electron chi connectivity index (χ0n) is 16.1. The van der Waals surface area contributed by atoms with Crippen molar-refractivity contribution in [2.45, 2.75) is 25.5 Å². The lowest BCUT2D eigenvalue weighted by Gasteiger charge is -2.33. The summed E-state index contributed by atoms with van der Waals surface area (Å²) in [6, 6.07) is 9.35. The molecule has 0 spiro atoms. The van der Waals surface area contributed by atoms with Crippen molar-refractivity contribution < 1.29 is 9.53 Å². The van der Waals surface area contributed by atoms with Gasteiger partial charge in [0.25, 0.3) is 5.91 Å². The first-order valence-corrected chi connectivity index (χ1v) is 10.0. The monoisotopic (exact) mass is 393 g/mol. The molecule has 1 atom stereocenters. The molecule has 2 saturated heterocycles. The van der Waals surface area contributed by atoms with Gasteiger partial charge in [-0.3, -0.25) is 4.79 Å². The van der Waals surface area contributed by atoms with Crippen LogP contribution >= 0.6 is 0 Å². The minimum absolute atomic E-state index is 0.0287. The van der Waals surface area contributed by atoms with Gasteiger partial charge in [0.1, 0.15) is 6.33 Å². The molecule has 0 bridgehead atoms. The summed E-state index contributed by atoms with van der Waals surface area (Å²) >= 11 is 0. The second-order valence-electron chi connectivity index (χ2n) is 7.45. The molecule has 3 aromatic rings. The van der Waals surface area contributed by atoms with Crippen molar-refractivity contribution in [2.75, 3.05) is 37.7 Å². The Balaban J connectivity index is 1.33. The van der Waals surface area contributed by atoms with E-state index in [1.54, 1.807) is 11.0 Å². The largest absolute Gasteiger partial charge is 0.373 e. The summed E-state index contributed by atoms with van der Waals surface area (Å²) in [6.07, 6.45) is 3.75. The van der Waals surface area contributed by atoms with Crippen LogP contribution in [0.2, 0.25) is 0 Å². The van der Waals surface area contributed by atoms with E-state index in [0.717, 1.165) is 24.4 Å². The molecule has 2 aromatic heterocycles. The summed E-state index contributed by atoms with van der Waals surface area (Å²) in [5, 5.41) is 8.64. The third kappa shape index (κ3) is 3.53. The molecular formula is C20H23N7O2. The second kappa shape index (κ2) is 7.75. The average Bonchev–Trinajstić information content (AvgIpc) is 3.45. The Morgan fingerprint density at radius 3 is 2.76 bits per heavy atom. The van der Waals surface area contributed by atoms with Crippen molar-refractivity contribution in [1.29, 1.82) is 0 Å². The van der Waals surface area contributed by atoms with Crippen LogP contribution in [0.5, 0.6) is 0 Å². The predicted molar refractivity (Wildman–Crippen MR) is 107 cm³/mol. The SMILES string of the molecule is O=C(c1ccccc1)N1CCOC(Cn2nnc3c(N4CCCC4)ncnc32)C1. The Morgan fingerprint density at radius 2 is 1.93 bits per heavy atom. The number of ether oxygens (including phenoxy) is 1. The zero-order valence-corrected chi connectivity index (χ0v) is 16.1. The van der Waals surface area contributed by atoms with Crippen LogP contribution in [0.25, 0.3) is 11.2 Å². The fraction of sp³-hybridized carbons (Fsp3) is 0.450. The molecule has 9 nitrogen and oxygen atoms in total. The van der Waals surface area contributed by atoms with Gasteiger partial charge in [0.05, 0.1) is 19.3 Å². The molecule has 2 aliphatic rings. The van der Waals surface area contributed by atoms with E-state index >= 15 is 0 Å². The van der Waals surface area contributed by atoms with Crippen LogP contribution in [0.3, 0.4) is 0 Å². The molecule has 1 amide bonds. The van der Waals surface area contributed by atoms with Crippen LogP contribution in [0, 0.1) is 0 Å². The number of hydrogen-bond acceptors (Lipinski definition) is 7. The van der Waals surface area contributed by atoms with Gasteiger partial charge in [-0.15, -0.1) is 5.10 Å². The van der Waals surface area contributed by atoms with Crippen molar-refractivity contribution in [3.8, 4) is 0 Å². The van der Waals surface area contributed by atoms with Crippen molar-refractivity contribution in [3.05, 3.63) is 42.2 Å². The number of fused-ring (bicyclic) bond motifs is 1. The van der Waals surface area contributed by atoms with E-state index in [9.17, 15) is 4.79 Å². The molecule has 0 radical (unpaired) electrons. The maximum absolute atomic E-state index is 12.8. The lowest BCUT2D eigenvalue weighted by Crippen LogP contribution is -2.47. The number of amides is 1. The molecule has 150 valence electrons. The highest BCUT2D eigenvalue weighted by molar-refractivity contribution is 5.94. The van der Waals surface area contributed by atoms with Crippen LogP contribution in [-0.4, -0.2) is 74.7 Å². The number of nitrogens with zero attached hydrogens (tertiary/aromatic N) is 7. The van der Waals surface area contributed by atoms with Gasteiger partial charge in [0.15, 0.2) is 17.0 Å². The van der Waals surface area contributed by atoms with Gasteiger partial charge in [0, 0.05) is 31.7 Å². The summed E-state index contributed by atoms with van der Waals surface area (Å²) in [7, 11) is 0. The smallest absolute Gasteiger partial charge is 0.254 e. The summed E-state index contributed by atoms with van der Waals surface area (Å²) in [5.41, 5.74) is 2.13. The van der Waals surface area contributed by atoms with E-state index < -0.39 is 0 Å². The van der Waals surface area contributed by atoms with E-state index in [4.69, 9.17) is 4.74 Å². The molecule has 29 heavy (non-hydrogen) atoms. The standard InChI is InChI=1S/C20H23N7O2/c28-20(15-6-2-1-3-7-15)26-10-11-29-16(12-26)13-27-19-17(23-24-27)18(21-14-22-19)25-8-4-5-9-25/h1-3,6-7,14,16H,4-5,8-13H2. The first-order chi connectivity index (χ1) is 14.3. The first kappa shape index (κ1) is 18.0. The highest BCUT2D eigenvalue weighted by Crippen LogP contribution is 2.24. The summed E-state index contributed by atoms with van der Waals surface area (Å²) in [6.45, 7) is 4.07. The highest BCUT2D eigenvalue weighted by atomic mass is 16.5. The van der Waals surface area contributed by atoms with Crippen molar-refractivity contribution >= 4 is 22.9 Å². The van der Waals surface area contributed by atoms with Gasteiger partial charge < -0.3 is 14.5 Å². The number of carbonyl (C=O) groups is 1. The normalized spacial score (nSPS) is 19.8. The Hall–Kier alpha value is -3.07. The zero-order chi connectivity index (χ0) is 19.6. The molecular weight excluding hydrogens is 370 g/mol. The Morgan fingerprint density at radius 1 is 1.10 bits per heavy atom. The molecule has 5 rings (SSSR count). The van der Waals surface area contributed by atoms with Gasteiger partial charge in [-0.05, 0) is 25.0 Å². The van der Waals surface area contributed by atoms with E-state index in [2.05, 4.69) is 25.2 Å². The van der Waals surface area contributed by atoms with E-state index in [0.29, 0.717) is 37.5 Å². The predicted octanol–water partition coefficient (Wildman–Crippen LogP) is 1.36. The molecule has 2 aliphatic heterocycles. The van der Waals surface area contributed by atoms with Gasteiger partial charge >= 0.3 is 0 Å². The third-order valence-electron chi connectivity index (χ3n) is 5.51.